The lowest BCUT2D eigenvalue weighted by atomic mass is 10.0. The molecule has 3 heteroatoms. The van der Waals surface area contributed by atoms with Crippen molar-refractivity contribution in [3.05, 3.63) is 11.6 Å². The molecule has 1 saturated heterocycles. The fraction of sp³-hybridized carbons (Fsp3) is 0.800. The third-order valence-electron chi connectivity index (χ3n) is 3.35. The Morgan fingerprint density at radius 2 is 2.15 bits per heavy atom. The first-order chi connectivity index (χ1) is 6.27. The summed E-state index contributed by atoms with van der Waals surface area (Å²) in [5, 5.41) is 0. The third kappa shape index (κ3) is 1.15. The van der Waals surface area contributed by atoms with Crippen LogP contribution in [0.3, 0.4) is 0 Å². The molecule has 0 aromatic rings. The fourth-order valence-corrected chi connectivity index (χ4v) is 2.85. The van der Waals surface area contributed by atoms with Gasteiger partial charge in [-0.3, -0.25) is 0 Å². The van der Waals surface area contributed by atoms with E-state index in [9.17, 15) is 0 Å². The number of fused-ring (bicyclic) bond motifs is 1. The monoisotopic (exact) mass is 181 g/mol. The normalized spacial score (nSPS) is 41.2. The molecule has 2 atom stereocenters. The van der Waals surface area contributed by atoms with Crippen molar-refractivity contribution < 1.29 is 9.47 Å². The van der Waals surface area contributed by atoms with Crippen LogP contribution in [0.25, 0.3) is 0 Å². The average molecular weight is 181 g/mol. The zero-order valence-corrected chi connectivity index (χ0v) is 7.66. The van der Waals surface area contributed by atoms with E-state index in [0.29, 0.717) is 5.92 Å². The zero-order chi connectivity index (χ0) is 8.89. The van der Waals surface area contributed by atoms with Crippen molar-refractivity contribution in [1.29, 1.82) is 0 Å². The van der Waals surface area contributed by atoms with E-state index in [1.165, 1.54) is 5.57 Å². The van der Waals surface area contributed by atoms with Crippen LogP contribution in [-0.4, -0.2) is 25.0 Å². The molecule has 3 rings (SSSR count). The van der Waals surface area contributed by atoms with E-state index in [-0.39, 0.29) is 11.8 Å². The number of ether oxygens (including phenoxy) is 2. The van der Waals surface area contributed by atoms with Crippen LogP contribution in [0.5, 0.6) is 0 Å². The van der Waals surface area contributed by atoms with Crippen LogP contribution >= 0.6 is 0 Å². The summed E-state index contributed by atoms with van der Waals surface area (Å²) in [6.45, 7) is 1.51. The van der Waals surface area contributed by atoms with Gasteiger partial charge in [0.15, 0.2) is 5.79 Å². The van der Waals surface area contributed by atoms with Gasteiger partial charge in [-0.2, -0.15) is 0 Å². The summed E-state index contributed by atoms with van der Waals surface area (Å²) in [5.41, 5.74) is 7.32. The topological polar surface area (TPSA) is 44.5 Å². The van der Waals surface area contributed by atoms with Gasteiger partial charge < -0.3 is 15.2 Å². The van der Waals surface area contributed by atoms with Gasteiger partial charge in [-0.15, -0.1) is 0 Å². The highest BCUT2D eigenvalue weighted by Gasteiger charge is 2.48. The first-order valence-electron chi connectivity index (χ1n) is 5.02. The maximum absolute atomic E-state index is 5.85. The van der Waals surface area contributed by atoms with E-state index < -0.39 is 0 Å². The van der Waals surface area contributed by atoms with Crippen LogP contribution in [0.1, 0.15) is 19.3 Å². The van der Waals surface area contributed by atoms with E-state index in [0.717, 1.165) is 32.5 Å². The first-order valence-corrected chi connectivity index (χ1v) is 5.02. The Bertz CT molecular complexity index is 256. The van der Waals surface area contributed by atoms with Crippen LogP contribution in [0.15, 0.2) is 11.6 Å². The third-order valence-corrected chi connectivity index (χ3v) is 3.35. The largest absolute Gasteiger partial charge is 0.347 e. The summed E-state index contributed by atoms with van der Waals surface area (Å²) in [6, 6.07) is 0.277. The van der Waals surface area contributed by atoms with Crippen molar-refractivity contribution in [1.82, 2.24) is 0 Å². The minimum Gasteiger partial charge on any atom is -0.347 e. The molecule has 3 nitrogen and oxygen atoms in total. The summed E-state index contributed by atoms with van der Waals surface area (Å²) in [4.78, 5) is 0. The Kier molecular flexibility index (Phi) is 1.57. The van der Waals surface area contributed by atoms with E-state index >= 15 is 0 Å². The molecule has 3 aliphatic rings. The van der Waals surface area contributed by atoms with Crippen LogP contribution < -0.4 is 5.73 Å². The Morgan fingerprint density at radius 1 is 1.38 bits per heavy atom. The van der Waals surface area contributed by atoms with E-state index in [1.807, 2.05) is 0 Å². The minimum atomic E-state index is -0.253. The molecule has 1 aliphatic heterocycles. The van der Waals surface area contributed by atoms with Crippen molar-refractivity contribution in [2.75, 3.05) is 13.2 Å². The van der Waals surface area contributed by atoms with Crippen LogP contribution in [0.2, 0.25) is 0 Å². The minimum absolute atomic E-state index is 0.253. The van der Waals surface area contributed by atoms with Gasteiger partial charge in [-0.25, -0.2) is 0 Å². The highest BCUT2D eigenvalue weighted by Crippen LogP contribution is 2.48. The molecule has 2 aliphatic carbocycles. The first kappa shape index (κ1) is 7.97. The second-order valence-corrected chi connectivity index (χ2v) is 4.33. The number of rotatable bonds is 0. The van der Waals surface area contributed by atoms with Crippen molar-refractivity contribution in [3.8, 4) is 0 Å². The van der Waals surface area contributed by atoms with Gasteiger partial charge >= 0.3 is 0 Å². The summed E-state index contributed by atoms with van der Waals surface area (Å²) >= 11 is 0. The van der Waals surface area contributed by atoms with Gasteiger partial charge in [-0.1, -0.05) is 11.6 Å². The predicted molar refractivity (Wildman–Crippen MR) is 48.0 cm³/mol. The van der Waals surface area contributed by atoms with Crippen molar-refractivity contribution in [2.45, 2.75) is 31.1 Å². The molecule has 13 heavy (non-hydrogen) atoms. The molecule has 0 aromatic heterocycles. The molecule has 2 fully saturated rings. The quantitative estimate of drug-likeness (QED) is 0.562. The lowest BCUT2D eigenvalue weighted by Gasteiger charge is -2.21. The Balaban J connectivity index is 1.82. The molecule has 0 unspecified atom stereocenters. The maximum atomic E-state index is 5.85. The molecule has 0 radical (unpaired) electrons. The maximum Gasteiger partial charge on any atom is 0.172 e. The summed E-state index contributed by atoms with van der Waals surface area (Å²) < 4.78 is 11.3. The SMILES string of the molecule is N[C@@H]1C=C2CC3(C[C@@H]2C1)OCCO3. The molecule has 1 spiro atoms. The lowest BCUT2D eigenvalue weighted by Crippen LogP contribution is -2.27. The van der Waals surface area contributed by atoms with Crippen molar-refractivity contribution >= 4 is 0 Å². The average Bonchev–Trinajstić information content (AvgIpc) is 2.67. The van der Waals surface area contributed by atoms with E-state index in [1.54, 1.807) is 0 Å². The molecule has 1 saturated carbocycles. The van der Waals surface area contributed by atoms with Gasteiger partial charge in [-0.05, 0) is 12.3 Å². The zero-order valence-electron chi connectivity index (χ0n) is 7.66. The van der Waals surface area contributed by atoms with Gasteiger partial charge in [0.05, 0.1) is 13.2 Å². The standard InChI is InChI=1S/C10H15NO2/c11-9-3-7-5-10(6-8(7)4-9)12-1-2-13-10/h3,8-9H,1-2,4-6,11H2/t8-,9+/m0/s1. The second kappa shape index (κ2) is 2.56. The number of hydrogen-bond donors (Lipinski definition) is 1. The molecular weight excluding hydrogens is 166 g/mol. The predicted octanol–water partition coefficient (Wildman–Crippen LogP) is 0.797. The van der Waals surface area contributed by atoms with Crippen molar-refractivity contribution in [2.24, 2.45) is 11.7 Å². The molecule has 0 bridgehead atoms. The molecular formula is C10H15NO2. The Hall–Kier alpha value is -0.380. The Morgan fingerprint density at radius 3 is 2.85 bits per heavy atom. The highest BCUT2D eigenvalue weighted by molar-refractivity contribution is 5.24. The van der Waals surface area contributed by atoms with Gasteiger partial charge in [0, 0.05) is 18.9 Å². The fourth-order valence-electron chi connectivity index (χ4n) is 2.85. The van der Waals surface area contributed by atoms with Crippen LogP contribution in [0.4, 0.5) is 0 Å². The highest BCUT2D eigenvalue weighted by atomic mass is 16.7. The summed E-state index contributed by atoms with van der Waals surface area (Å²) in [7, 11) is 0. The molecule has 2 N–H and O–H groups in total. The smallest absolute Gasteiger partial charge is 0.172 e. The Labute approximate surface area is 77.9 Å². The van der Waals surface area contributed by atoms with Gasteiger partial charge in [0.1, 0.15) is 0 Å². The lowest BCUT2D eigenvalue weighted by molar-refractivity contribution is -0.151. The second-order valence-electron chi connectivity index (χ2n) is 4.33. The van der Waals surface area contributed by atoms with E-state index in [4.69, 9.17) is 15.2 Å². The summed E-state index contributed by atoms with van der Waals surface area (Å²) in [5.74, 6) is 0.379. The number of nitrogens with two attached hydrogens (primary N) is 1. The molecule has 0 amide bonds. The van der Waals surface area contributed by atoms with Gasteiger partial charge in [0.25, 0.3) is 0 Å². The van der Waals surface area contributed by atoms with Gasteiger partial charge in [0.2, 0.25) is 0 Å². The number of hydrogen-bond acceptors (Lipinski definition) is 3. The van der Waals surface area contributed by atoms with Crippen LogP contribution in [-0.2, 0) is 9.47 Å². The van der Waals surface area contributed by atoms with Crippen LogP contribution in [0, 0.1) is 5.92 Å². The molecule has 72 valence electrons. The molecule has 0 aromatic carbocycles. The van der Waals surface area contributed by atoms with E-state index in [2.05, 4.69) is 6.08 Å². The van der Waals surface area contributed by atoms with Crippen molar-refractivity contribution in [3.63, 3.8) is 0 Å². The summed E-state index contributed by atoms with van der Waals surface area (Å²) in [6.07, 6.45) is 5.26. The molecule has 1 heterocycles.